The molecule has 1 aromatic carbocycles. The van der Waals surface area contributed by atoms with Crippen molar-refractivity contribution in [3.8, 4) is 11.5 Å². The van der Waals surface area contributed by atoms with Gasteiger partial charge in [0.1, 0.15) is 0 Å². The highest BCUT2D eigenvalue weighted by Crippen LogP contribution is 2.26. The smallest absolute Gasteiger partial charge is 0.257 e. The average molecular weight is 339 g/mol. The summed E-state index contributed by atoms with van der Waals surface area (Å²) in [6, 6.07) is 5.61. The summed E-state index contributed by atoms with van der Waals surface area (Å²) in [4.78, 5) is 6.74. The number of nitrogens with two attached hydrogens (primary N) is 1. The van der Waals surface area contributed by atoms with Crippen molar-refractivity contribution in [2.24, 2.45) is 0 Å². The third-order valence-corrected chi connectivity index (χ3v) is 3.98. The Morgan fingerprint density at radius 3 is 2.70 bits per heavy atom. The fourth-order valence-corrected chi connectivity index (χ4v) is 2.19. The first-order valence-corrected chi connectivity index (χ1v) is 7.53. The van der Waals surface area contributed by atoms with Crippen LogP contribution < -0.4 is 5.73 Å². The van der Waals surface area contributed by atoms with Crippen LogP contribution in [0.5, 0.6) is 0 Å². The second-order valence-electron chi connectivity index (χ2n) is 4.53. The Labute approximate surface area is 127 Å². The molecule has 0 amide bonds. The number of likely N-dealkylation sites (N-methyl/N-ethyl adjacent to an activating group) is 1. The molecule has 6 heteroatoms. The fourth-order valence-electron chi connectivity index (χ4n) is 1.95. The lowest BCUT2D eigenvalue weighted by molar-refractivity contribution is 0.303. The van der Waals surface area contributed by atoms with Crippen molar-refractivity contribution in [3.05, 3.63) is 28.5 Å². The molecule has 2 aromatic rings. The van der Waals surface area contributed by atoms with E-state index in [1.165, 1.54) is 0 Å². The lowest BCUT2D eigenvalue weighted by atomic mass is 10.2. The second-order valence-corrected chi connectivity index (χ2v) is 5.38. The van der Waals surface area contributed by atoms with E-state index in [2.05, 4.69) is 44.8 Å². The van der Waals surface area contributed by atoms with Gasteiger partial charge in [-0.05, 0) is 47.2 Å². The third-order valence-electron chi connectivity index (χ3n) is 3.26. The van der Waals surface area contributed by atoms with E-state index in [0.29, 0.717) is 11.6 Å². The number of rotatable bonds is 6. The van der Waals surface area contributed by atoms with E-state index in [4.69, 9.17) is 10.3 Å². The molecule has 108 valence electrons. The van der Waals surface area contributed by atoms with Crippen LogP contribution in [0.3, 0.4) is 0 Å². The van der Waals surface area contributed by atoms with Crippen LogP contribution in [0.2, 0.25) is 0 Å². The minimum atomic E-state index is 0.513. The highest BCUT2D eigenvalue weighted by atomic mass is 79.9. The molecule has 0 aliphatic heterocycles. The number of hydrogen-bond donors (Lipinski definition) is 1. The van der Waals surface area contributed by atoms with Crippen LogP contribution in [0.4, 0.5) is 5.69 Å². The molecule has 0 saturated heterocycles. The highest BCUT2D eigenvalue weighted by Gasteiger charge is 2.11. The molecule has 5 nitrogen and oxygen atoms in total. The zero-order valence-electron chi connectivity index (χ0n) is 11.8. The summed E-state index contributed by atoms with van der Waals surface area (Å²) in [6.45, 7) is 7.30. The summed E-state index contributed by atoms with van der Waals surface area (Å²) in [5.74, 6) is 1.24. The van der Waals surface area contributed by atoms with E-state index >= 15 is 0 Å². The van der Waals surface area contributed by atoms with Crippen molar-refractivity contribution >= 4 is 21.6 Å². The van der Waals surface area contributed by atoms with Gasteiger partial charge in [0.2, 0.25) is 0 Å². The maximum Gasteiger partial charge on any atom is 0.257 e. The monoisotopic (exact) mass is 338 g/mol. The van der Waals surface area contributed by atoms with Crippen LogP contribution in [0.1, 0.15) is 19.7 Å². The fraction of sp³-hybridized carbons (Fsp3) is 0.429. The van der Waals surface area contributed by atoms with Gasteiger partial charge in [-0.3, -0.25) is 0 Å². The minimum Gasteiger partial charge on any atom is -0.398 e. The molecular formula is C14H19BrN4O. The van der Waals surface area contributed by atoms with Crippen molar-refractivity contribution in [2.75, 3.05) is 25.4 Å². The van der Waals surface area contributed by atoms with Gasteiger partial charge in [0.05, 0.1) is 0 Å². The number of benzene rings is 1. The van der Waals surface area contributed by atoms with Gasteiger partial charge in [-0.25, -0.2) is 0 Å². The molecule has 0 spiro atoms. The van der Waals surface area contributed by atoms with Gasteiger partial charge in [-0.15, -0.1) is 0 Å². The Hall–Kier alpha value is -1.40. The molecule has 1 heterocycles. The van der Waals surface area contributed by atoms with E-state index in [0.717, 1.165) is 41.9 Å². The Morgan fingerprint density at radius 1 is 1.30 bits per heavy atom. The highest BCUT2D eigenvalue weighted by molar-refractivity contribution is 9.10. The molecule has 2 rings (SSSR count). The molecule has 0 aliphatic carbocycles. The van der Waals surface area contributed by atoms with Crippen molar-refractivity contribution in [1.29, 1.82) is 0 Å². The van der Waals surface area contributed by atoms with Gasteiger partial charge in [0, 0.05) is 28.7 Å². The number of halogens is 1. The predicted molar refractivity (Wildman–Crippen MR) is 83.3 cm³/mol. The normalized spacial score (nSPS) is 11.2. The second kappa shape index (κ2) is 6.85. The van der Waals surface area contributed by atoms with Gasteiger partial charge in [0.15, 0.2) is 5.82 Å². The van der Waals surface area contributed by atoms with Crippen LogP contribution in [-0.2, 0) is 6.42 Å². The number of nitrogen functional groups attached to an aromatic ring is 1. The topological polar surface area (TPSA) is 68.2 Å². The third kappa shape index (κ3) is 3.58. The Bertz CT molecular complexity index is 566. The maximum absolute atomic E-state index is 5.86. The number of nitrogens with zero attached hydrogens (tertiary/aromatic N) is 3. The summed E-state index contributed by atoms with van der Waals surface area (Å²) < 4.78 is 6.16. The molecule has 20 heavy (non-hydrogen) atoms. The van der Waals surface area contributed by atoms with Crippen molar-refractivity contribution in [3.63, 3.8) is 0 Å². The SMILES string of the molecule is CCN(CC)CCc1noc(-c2ccc(Br)c(N)c2)n1. The first-order chi connectivity index (χ1) is 9.63. The quantitative estimate of drug-likeness (QED) is 0.820. The molecular weight excluding hydrogens is 320 g/mol. The van der Waals surface area contributed by atoms with Crippen LogP contribution in [0.15, 0.2) is 27.2 Å². The molecule has 0 unspecified atom stereocenters. The average Bonchev–Trinajstić information content (AvgIpc) is 2.92. The molecule has 0 aliphatic rings. The van der Waals surface area contributed by atoms with Crippen LogP contribution in [-0.4, -0.2) is 34.7 Å². The van der Waals surface area contributed by atoms with Gasteiger partial charge in [0.25, 0.3) is 5.89 Å². The zero-order valence-corrected chi connectivity index (χ0v) is 13.4. The van der Waals surface area contributed by atoms with E-state index in [-0.39, 0.29) is 0 Å². The van der Waals surface area contributed by atoms with Crippen molar-refractivity contribution < 1.29 is 4.52 Å². The summed E-state index contributed by atoms with van der Waals surface area (Å²) in [6.07, 6.45) is 0.789. The zero-order chi connectivity index (χ0) is 14.5. The van der Waals surface area contributed by atoms with Gasteiger partial charge < -0.3 is 15.2 Å². The predicted octanol–water partition coefficient (Wildman–Crippen LogP) is 2.97. The first-order valence-electron chi connectivity index (χ1n) is 6.74. The Kier molecular flexibility index (Phi) is 5.14. The van der Waals surface area contributed by atoms with Crippen molar-refractivity contribution in [2.45, 2.75) is 20.3 Å². The summed E-state index contributed by atoms with van der Waals surface area (Å²) in [5, 5.41) is 4.02. The summed E-state index contributed by atoms with van der Waals surface area (Å²) in [5.41, 5.74) is 7.35. The molecule has 0 atom stereocenters. The number of hydrogen-bond acceptors (Lipinski definition) is 5. The van der Waals surface area contributed by atoms with Crippen LogP contribution in [0.25, 0.3) is 11.5 Å². The minimum absolute atomic E-state index is 0.513. The van der Waals surface area contributed by atoms with E-state index in [1.807, 2.05) is 18.2 Å². The Morgan fingerprint density at radius 2 is 2.05 bits per heavy atom. The van der Waals surface area contributed by atoms with Crippen LogP contribution >= 0.6 is 15.9 Å². The molecule has 0 radical (unpaired) electrons. The molecule has 2 N–H and O–H groups in total. The standard InChI is InChI=1S/C14H19BrN4O/c1-3-19(4-2)8-7-13-17-14(20-18-13)10-5-6-11(15)12(16)9-10/h5-6,9H,3-4,7-8,16H2,1-2H3. The van der Waals surface area contributed by atoms with E-state index in [9.17, 15) is 0 Å². The van der Waals surface area contributed by atoms with Crippen LogP contribution in [0, 0.1) is 0 Å². The molecule has 0 saturated carbocycles. The number of anilines is 1. The maximum atomic E-state index is 5.86. The largest absolute Gasteiger partial charge is 0.398 e. The van der Waals surface area contributed by atoms with Crippen molar-refractivity contribution in [1.82, 2.24) is 15.0 Å². The number of aromatic nitrogens is 2. The van der Waals surface area contributed by atoms with E-state index < -0.39 is 0 Å². The lowest BCUT2D eigenvalue weighted by Crippen LogP contribution is -2.25. The van der Waals surface area contributed by atoms with Gasteiger partial charge >= 0.3 is 0 Å². The lowest BCUT2D eigenvalue weighted by Gasteiger charge is -2.16. The molecule has 1 aromatic heterocycles. The molecule has 0 bridgehead atoms. The van der Waals surface area contributed by atoms with Gasteiger partial charge in [-0.1, -0.05) is 19.0 Å². The summed E-state index contributed by atoms with van der Waals surface area (Å²) >= 11 is 3.37. The Balaban J connectivity index is 2.06. The summed E-state index contributed by atoms with van der Waals surface area (Å²) in [7, 11) is 0. The first kappa shape index (κ1) is 15.0. The van der Waals surface area contributed by atoms with Gasteiger partial charge in [-0.2, -0.15) is 4.98 Å². The van der Waals surface area contributed by atoms with E-state index in [1.54, 1.807) is 0 Å². The molecule has 0 fully saturated rings.